The van der Waals surface area contributed by atoms with Crippen molar-refractivity contribution in [1.82, 2.24) is 10.2 Å². The standard InChI is InChI=1S/C25H21N3O/c1-16-21-13-12-20-22(17-8-4-2-5-9-17)27-28-24(20)25(21,14-18(15-26)23(16)29)19-10-6-3-7-11-19/h2-11,14,16,21H,12-13H2,1H3,(H,27,28)/t16-,21-,25+/m0/s1. The Morgan fingerprint density at radius 1 is 1.10 bits per heavy atom. The van der Waals surface area contributed by atoms with Gasteiger partial charge in [0.2, 0.25) is 0 Å². The summed E-state index contributed by atoms with van der Waals surface area (Å²) < 4.78 is 0. The van der Waals surface area contributed by atoms with E-state index in [1.165, 1.54) is 5.56 Å². The maximum atomic E-state index is 12.8. The number of nitrogens with one attached hydrogen (secondary N) is 1. The van der Waals surface area contributed by atoms with Crippen LogP contribution in [-0.4, -0.2) is 16.0 Å². The minimum absolute atomic E-state index is 0.0460. The number of Topliss-reactive ketones (excluding diaryl/α,β-unsaturated/α-hetero) is 1. The van der Waals surface area contributed by atoms with Crippen LogP contribution in [0.15, 0.2) is 72.3 Å². The van der Waals surface area contributed by atoms with E-state index in [0.29, 0.717) is 0 Å². The van der Waals surface area contributed by atoms with Crippen LogP contribution in [0, 0.1) is 23.2 Å². The number of H-pyrrole nitrogens is 1. The number of carbonyl (C=O) groups is 1. The van der Waals surface area contributed by atoms with Crippen molar-refractivity contribution in [3.05, 3.63) is 89.1 Å². The van der Waals surface area contributed by atoms with Crippen molar-refractivity contribution in [2.75, 3.05) is 0 Å². The average molecular weight is 379 g/mol. The zero-order valence-electron chi connectivity index (χ0n) is 16.2. The van der Waals surface area contributed by atoms with Crippen LogP contribution in [0.25, 0.3) is 11.3 Å². The molecule has 0 fully saturated rings. The molecule has 142 valence electrons. The molecule has 3 aromatic rings. The van der Waals surface area contributed by atoms with Crippen LogP contribution in [0.1, 0.15) is 30.2 Å². The minimum atomic E-state index is -0.548. The molecule has 0 saturated carbocycles. The zero-order valence-corrected chi connectivity index (χ0v) is 16.2. The van der Waals surface area contributed by atoms with Crippen LogP contribution >= 0.6 is 0 Å². The van der Waals surface area contributed by atoms with Gasteiger partial charge in [-0.25, -0.2) is 0 Å². The average Bonchev–Trinajstić information content (AvgIpc) is 3.22. The molecule has 1 heterocycles. The highest BCUT2D eigenvalue weighted by atomic mass is 16.1. The Morgan fingerprint density at radius 3 is 2.48 bits per heavy atom. The van der Waals surface area contributed by atoms with Gasteiger partial charge >= 0.3 is 0 Å². The van der Waals surface area contributed by atoms with Gasteiger partial charge in [0.05, 0.1) is 22.4 Å². The van der Waals surface area contributed by atoms with Crippen LogP contribution in [0.4, 0.5) is 0 Å². The summed E-state index contributed by atoms with van der Waals surface area (Å²) in [5.74, 6) is -0.173. The number of fused-ring (bicyclic) bond motifs is 3. The normalized spacial score (nSPS) is 25.5. The Kier molecular flexibility index (Phi) is 3.99. The summed E-state index contributed by atoms with van der Waals surface area (Å²) in [5.41, 5.74) is 5.05. The third-order valence-corrected chi connectivity index (χ3v) is 6.64. The maximum absolute atomic E-state index is 12.8. The molecule has 2 aliphatic carbocycles. The summed E-state index contributed by atoms with van der Waals surface area (Å²) in [6.45, 7) is 1.97. The van der Waals surface area contributed by atoms with Crippen LogP contribution in [-0.2, 0) is 16.6 Å². The van der Waals surface area contributed by atoms with Crippen molar-refractivity contribution in [2.24, 2.45) is 11.8 Å². The van der Waals surface area contributed by atoms with Gasteiger partial charge < -0.3 is 0 Å². The second-order valence-electron chi connectivity index (χ2n) is 7.99. The molecule has 0 bridgehead atoms. The number of hydrogen-bond donors (Lipinski definition) is 1. The van der Waals surface area contributed by atoms with Crippen LogP contribution in [0.5, 0.6) is 0 Å². The van der Waals surface area contributed by atoms with Gasteiger partial charge in [0.25, 0.3) is 0 Å². The number of rotatable bonds is 2. The Hall–Kier alpha value is -3.45. The van der Waals surface area contributed by atoms with Crippen molar-refractivity contribution in [1.29, 1.82) is 5.26 Å². The van der Waals surface area contributed by atoms with E-state index >= 15 is 0 Å². The molecular formula is C25H21N3O. The highest BCUT2D eigenvalue weighted by Crippen LogP contribution is 2.54. The van der Waals surface area contributed by atoms with Crippen molar-refractivity contribution < 1.29 is 4.79 Å². The monoisotopic (exact) mass is 379 g/mol. The number of nitrogens with zero attached hydrogens (tertiary/aromatic N) is 2. The number of benzene rings is 2. The van der Waals surface area contributed by atoms with Gasteiger partial charge in [0, 0.05) is 17.0 Å². The molecule has 1 N–H and O–H groups in total. The van der Waals surface area contributed by atoms with E-state index in [2.05, 4.69) is 35.4 Å². The molecule has 5 rings (SSSR count). The van der Waals surface area contributed by atoms with Crippen molar-refractivity contribution in [2.45, 2.75) is 25.2 Å². The molecule has 3 atom stereocenters. The molecule has 2 aliphatic rings. The lowest BCUT2D eigenvalue weighted by atomic mass is 9.54. The van der Waals surface area contributed by atoms with E-state index in [4.69, 9.17) is 5.10 Å². The topological polar surface area (TPSA) is 69.5 Å². The third kappa shape index (κ3) is 2.44. The molecule has 4 nitrogen and oxygen atoms in total. The maximum Gasteiger partial charge on any atom is 0.176 e. The van der Waals surface area contributed by atoms with Crippen LogP contribution in [0.3, 0.4) is 0 Å². The van der Waals surface area contributed by atoms with Crippen molar-refractivity contribution >= 4 is 5.78 Å². The molecule has 0 saturated heterocycles. The lowest BCUT2D eigenvalue weighted by molar-refractivity contribution is -0.121. The first-order chi connectivity index (χ1) is 14.2. The summed E-state index contributed by atoms with van der Waals surface area (Å²) in [5, 5.41) is 17.7. The molecule has 4 heteroatoms. The first kappa shape index (κ1) is 17.6. The van der Waals surface area contributed by atoms with Gasteiger partial charge in [-0.2, -0.15) is 10.4 Å². The molecule has 29 heavy (non-hydrogen) atoms. The lowest BCUT2D eigenvalue weighted by Crippen LogP contribution is -2.48. The molecule has 0 spiro atoms. The minimum Gasteiger partial charge on any atom is -0.293 e. The molecule has 0 amide bonds. The smallest absolute Gasteiger partial charge is 0.176 e. The SMILES string of the molecule is C[C@@H]1C(=O)C(C#N)=C[C@]2(c3ccccc3)c3[nH]nc(-c4ccccc4)c3CC[C@@H]12. The van der Waals surface area contributed by atoms with Gasteiger partial charge in [-0.1, -0.05) is 67.6 Å². The summed E-state index contributed by atoms with van der Waals surface area (Å²) in [6, 6.07) is 22.6. The summed E-state index contributed by atoms with van der Waals surface area (Å²) in [6.07, 6.45) is 3.65. The first-order valence-corrected chi connectivity index (χ1v) is 10.0. The van der Waals surface area contributed by atoms with Gasteiger partial charge in [-0.3, -0.25) is 9.89 Å². The summed E-state index contributed by atoms with van der Waals surface area (Å²) in [7, 11) is 0. The number of aromatic nitrogens is 2. The molecule has 1 aromatic heterocycles. The number of aromatic amines is 1. The predicted molar refractivity (Wildman–Crippen MR) is 111 cm³/mol. The quantitative estimate of drug-likeness (QED) is 0.708. The highest BCUT2D eigenvalue weighted by Gasteiger charge is 2.53. The third-order valence-electron chi connectivity index (χ3n) is 6.64. The number of nitriles is 1. The van der Waals surface area contributed by atoms with Gasteiger partial charge in [-0.05, 0) is 30.4 Å². The number of allylic oxidation sites excluding steroid dienone is 2. The Labute approximate surface area is 169 Å². The van der Waals surface area contributed by atoms with Gasteiger partial charge in [-0.15, -0.1) is 0 Å². The van der Waals surface area contributed by atoms with Crippen molar-refractivity contribution in [3.63, 3.8) is 0 Å². The molecule has 2 aromatic carbocycles. The summed E-state index contributed by atoms with van der Waals surface area (Å²) in [4.78, 5) is 12.8. The largest absolute Gasteiger partial charge is 0.293 e. The number of ketones is 1. The molecular weight excluding hydrogens is 358 g/mol. The van der Waals surface area contributed by atoms with Crippen molar-refractivity contribution in [3.8, 4) is 17.3 Å². The number of carbonyl (C=O) groups excluding carboxylic acids is 1. The van der Waals surface area contributed by atoms with E-state index in [-0.39, 0.29) is 23.2 Å². The fourth-order valence-corrected chi connectivity index (χ4v) is 5.29. The molecule has 0 unspecified atom stereocenters. The zero-order chi connectivity index (χ0) is 20.0. The molecule has 0 radical (unpaired) electrons. The lowest BCUT2D eigenvalue weighted by Gasteiger charge is -2.47. The fraction of sp³-hybridized carbons (Fsp3) is 0.240. The van der Waals surface area contributed by atoms with E-state index in [9.17, 15) is 10.1 Å². The molecule has 0 aliphatic heterocycles. The fourth-order valence-electron chi connectivity index (χ4n) is 5.29. The van der Waals surface area contributed by atoms with Crippen LogP contribution in [0.2, 0.25) is 0 Å². The second-order valence-corrected chi connectivity index (χ2v) is 7.99. The highest BCUT2D eigenvalue weighted by molar-refractivity contribution is 6.02. The van der Waals surface area contributed by atoms with E-state index < -0.39 is 5.41 Å². The van der Waals surface area contributed by atoms with Gasteiger partial charge in [0.1, 0.15) is 6.07 Å². The van der Waals surface area contributed by atoms with E-state index in [0.717, 1.165) is 35.4 Å². The van der Waals surface area contributed by atoms with E-state index in [1.54, 1.807) is 0 Å². The van der Waals surface area contributed by atoms with Gasteiger partial charge in [0.15, 0.2) is 5.78 Å². The van der Waals surface area contributed by atoms with E-state index in [1.807, 2.05) is 49.4 Å². The Balaban J connectivity index is 1.82. The first-order valence-electron chi connectivity index (χ1n) is 10.0. The van der Waals surface area contributed by atoms with Crippen LogP contribution < -0.4 is 0 Å². The Morgan fingerprint density at radius 2 is 1.79 bits per heavy atom. The Bertz CT molecular complexity index is 1150. The number of hydrogen-bond acceptors (Lipinski definition) is 3. The second kappa shape index (κ2) is 6.56. The summed E-state index contributed by atoms with van der Waals surface area (Å²) >= 11 is 0. The predicted octanol–water partition coefficient (Wildman–Crippen LogP) is 4.59.